The first-order valence-electron chi connectivity index (χ1n) is 8.81. The summed E-state index contributed by atoms with van der Waals surface area (Å²) in [4.78, 5) is 26.2. The van der Waals surface area contributed by atoms with Gasteiger partial charge in [0.1, 0.15) is 0 Å². The highest BCUT2D eigenvalue weighted by atomic mass is 35.5. The zero-order valence-electron chi connectivity index (χ0n) is 14.8. The van der Waals surface area contributed by atoms with Gasteiger partial charge in [-0.05, 0) is 29.8 Å². The summed E-state index contributed by atoms with van der Waals surface area (Å²) in [6, 6.07) is 16.5. The van der Waals surface area contributed by atoms with E-state index in [1.807, 2.05) is 30.3 Å². The number of carbonyl (C=O) groups excluding carboxylic acids is 2. The second kappa shape index (κ2) is 7.82. The average molecular weight is 397 g/mol. The minimum Gasteiger partial charge on any atom is -0.407 e. The Hall–Kier alpha value is -3.19. The van der Waals surface area contributed by atoms with Crippen LogP contribution in [0, 0.1) is 0 Å². The smallest absolute Gasteiger partial charge is 0.322 e. The van der Waals surface area contributed by atoms with Gasteiger partial charge < -0.3 is 9.32 Å². The maximum atomic E-state index is 12.3. The van der Waals surface area contributed by atoms with E-state index in [1.54, 1.807) is 29.2 Å². The number of amides is 2. The number of halogens is 1. The Morgan fingerprint density at radius 3 is 2.64 bits per heavy atom. The zero-order chi connectivity index (χ0) is 19.5. The molecule has 0 aliphatic carbocycles. The van der Waals surface area contributed by atoms with E-state index in [0.717, 1.165) is 11.3 Å². The van der Waals surface area contributed by atoms with Gasteiger partial charge in [0.15, 0.2) is 0 Å². The van der Waals surface area contributed by atoms with Crippen LogP contribution < -0.4 is 10.2 Å². The fourth-order valence-electron chi connectivity index (χ4n) is 3.13. The van der Waals surface area contributed by atoms with Gasteiger partial charge in [0.25, 0.3) is 0 Å². The lowest BCUT2D eigenvalue weighted by Gasteiger charge is -2.15. The van der Waals surface area contributed by atoms with Crippen molar-refractivity contribution >= 4 is 35.1 Å². The Kier molecular flexibility index (Phi) is 5.08. The summed E-state index contributed by atoms with van der Waals surface area (Å²) in [5, 5.41) is 11.1. The van der Waals surface area contributed by atoms with Gasteiger partial charge in [-0.3, -0.25) is 14.9 Å². The molecule has 1 saturated heterocycles. The van der Waals surface area contributed by atoms with Gasteiger partial charge in [-0.15, -0.1) is 5.10 Å². The van der Waals surface area contributed by atoms with Crippen LogP contribution in [0.3, 0.4) is 0 Å². The van der Waals surface area contributed by atoms with Crippen molar-refractivity contribution in [2.45, 2.75) is 18.8 Å². The molecule has 0 unspecified atom stereocenters. The van der Waals surface area contributed by atoms with Crippen LogP contribution in [0.25, 0.3) is 0 Å². The molecule has 1 aliphatic rings. The highest BCUT2D eigenvalue weighted by molar-refractivity contribution is 6.30. The third-order valence-corrected chi connectivity index (χ3v) is 4.76. The number of hydrogen-bond donors (Lipinski definition) is 1. The molecule has 2 heterocycles. The van der Waals surface area contributed by atoms with Crippen LogP contribution in [0.5, 0.6) is 0 Å². The van der Waals surface area contributed by atoms with Crippen LogP contribution in [0.2, 0.25) is 5.02 Å². The maximum absolute atomic E-state index is 12.3. The first-order chi connectivity index (χ1) is 13.6. The molecule has 28 heavy (non-hydrogen) atoms. The fourth-order valence-corrected chi connectivity index (χ4v) is 3.26. The average Bonchev–Trinajstić information content (AvgIpc) is 3.31. The summed E-state index contributed by atoms with van der Waals surface area (Å²) in [5.74, 6) is -0.135. The summed E-state index contributed by atoms with van der Waals surface area (Å²) in [6.45, 7) is 0.462. The molecule has 1 aromatic heterocycles. The van der Waals surface area contributed by atoms with E-state index in [-0.39, 0.29) is 36.6 Å². The highest BCUT2D eigenvalue weighted by Gasteiger charge is 2.35. The number of benzene rings is 2. The minimum atomic E-state index is -0.272. The predicted molar refractivity (Wildman–Crippen MR) is 104 cm³/mol. The molecule has 8 heteroatoms. The molecule has 0 radical (unpaired) electrons. The van der Waals surface area contributed by atoms with Gasteiger partial charge in [-0.25, -0.2) is 0 Å². The fraction of sp³-hybridized carbons (Fsp3) is 0.200. The Labute approximate surface area is 166 Å². The van der Waals surface area contributed by atoms with E-state index < -0.39 is 0 Å². The van der Waals surface area contributed by atoms with Crippen molar-refractivity contribution in [2.24, 2.45) is 0 Å². The van der Waals surface area contributed by atoms with Crippen LogP contribution in [0.15, 0.2) is 59.0 Å². The van der Waals surface area contributed by atoms with Crippen LogP contribution >= 0.6 is 11.6 Å². The molecule has 3 aromatic rings. The summed E-state index contributed by atoms with van der Waals surface area (Å²) < 4.78 is 5.57. The number of rotatable bonds is 5. The molecular formula is C20H17ClN4O3. The largest absolute Gasteiger partial charge is 0.407 e. The Morgan fingerprint density at radius 2 is 1.89 bits per heavy atom. The molecule has 1 aliphatic heterocycles. The molecule has 4 rings (SSSR count). The number of nitrogens with zero attached hydrogens (tertiary/aromatic N) is 3. The van der Waals surface area contributed by atoms with E-state index in [9.17, 15) is 9.59 Å². The zero-order valence-corrected chi connectivity index (χ0v) is 15.6. The molecule has 1 N–H and O–H groups in total. The van der Waals surface area contributed by atoms with Crippen molar-refractivity contribution in [2.75, 3.05) is 16.8 Å². The van der Waals surface area contributed by atoms with Gasteiger partial charge in [0.2, 0.25) is 17.7 Å². The van der Waals surface area contributed by atoms with Crippen molar-refractivity contribution in [3.8, 4) is 0 Å². The first-order valence-corrected chi connectivity index (χ1v) is 9.19. The SMILES string of the molecule is O=C(Cc1ccc(Cl)cc1)Nc1nnc([C@@H]2CC(=O)N(c3ccccc3)C2)o1. The Morgan fingerprint density at radius 1 is 1.14 bits per heavy atom. The number of hydrogen-bond acceptors (Lipinski definition) is 5. The molecular weight excluding hydrogens is 380 g/mol. The van der Waals surface area contributed by atoms with Gasteiger partial charge in [0.05, 0.1) is 12.3 Å². The topological polar surface area (TPSA) is 88.3 Å². The molecule has 0 spiro atoms. The summed E-state index contributed by atoms with van der Waals surface area (Å²) in [5.41, 5.74) is 1.66. The van der Waals surface area contributed by atoms with Crippen LogP contribution in [0.1, 0.15) is 23.8 Å². The number of carbonyl (C=O) groups is 2. The van der Waals surface area contributed by atoms with E-state index in [2.05, 4.69) is 15.5 Å². The summed E-state index contributed by atoms with van der Waals surface area (Å²) >= 11 is 5.84. The minimum absolute atomic E-state index is 0.00252. The number of para-hydroxylation sites is 1. The maximum Gasteiger partial charge on any atom is 0.322 e. The van der Waals surface area contributed by atoms with Gasteiger partial charge >= 0.3 is 6.01 Å². The lowest BCUT2D eigenvalue weighted by molar-refractivity contribution is -0.117. The molecule has 1 atom stereocenters. The van der Waals surface area contributed by atoms with Crippen molar-refractivity contribution < 1.29 is 14.0 Å². The van der Waals surface area contributed by atoms with E-state index in [4.69, 9.17) is 16.0 Å². The molecule has 142 valence electrons. The second-order valence-electron chi connectivity index (χ2n) is 6.54. The normalized spacial score (nSPS) is 16.4. The Bertz CT molecular complexity index is 988. The van der Waals surface area contributed by atoms with E-state index in [1.165, 1.54) is 0 Å². The van der Waals surface area contributed by atoms with Crippen LogP contribution in [-0.2, 0) is 16.0 Å². The van der Waals surface area contributed by atoms with Gasteiger partial charge in [-0.1, -0.05) is 47.0 Å². The van der Waals surface area contributed by atoms with Crippen LogP contribution in [0.4, 0.5) is 11.7 Å². The number of aromatic nitrogens is 2. The quantitative estimate of drug-likeness (QED) is 0.713. The summed E-state index contributed by atoms with van der Waals surface area (Å²) in [7, 11) is 0. The molecule has 7 nitrogen and oxygen atoms in total. The number of anilines is 2. The predicted octanol–water partition coefficient (Wildman–Crippen LogP) is 3.42. The Balaban J connectivity index is 1.38. The third-order valence-electron chi connectivity index (χ3n) is 4.51. The first kappa shape index (κ1) is 18.2. The van der Waals surface area contributed by atoms with Crippen molar-refractivity contribution in [3.05, 3.63) is 71.1 Å². The number of nitrogens with one attached hydrogen (secondary N) is 1. The monoisotopic (exact) mass is 396 g/mol. The second-order valence-corrected chi connectivity index (χ2v) is 6.97. The molecule has 0 bridgehead atoms. The van der Waals surface area contributed by atoms with Crippen LogP contribution in [-0.4, -0.2) is 28.6 Å². The summed E-state index contributed by atoms with van der Waals surface area (Å²) in [6.07, 6.45) is 0.452. The standard InChI is InChI=1S/C20H17ClN4O3/c21-15-8-6-13(7-9-15)10-17(26)22-20-24-23-19(28-20)14-11-18(27)25(12-14)16-4-2-1-3-5-16/h1-9,14H,10-12H2,(H,22,24,26)/t14-/m1/s1. The third kappa shape index (κ3) is 4.04. The van der Waals surface area contributed by atoms with E-state index in [0.29, 0.717) is 17.5 Å². The lowest BCUT2D eigenvalue weighted by Crippen LogP contribution is -2.24. The van der Waals surface area contributed by atoms with Crippen molar-refractivity contribution in [3.63, 3.8) is 0 Å². The molecule has 1 fully saturated rings. The van der Waals surface area contributed by atoms with Gasteiger partial charge in [-0.2, -0.15) is 0 Å². The molecule has 2 aromatic carbocycles. The van der Waals surface area contributed by atoms with E-state index >= 15 is 0 Å². The van der Waals surface area contributed by atoms with Gasteiger partial charge in [0, 0.05) is 23.7 Å². The lowest BCUT2D eigenvalue weighted by atomic mass is 10.1. The molecule has 2 amide bonds. The van der Waals surface area contributed by atoms with Crippen molar-refractivity contribution in [1.82, 2.24) is 10.2 Å². The van der Waals surface area contributed by atoms with Crippen molar-refractivity contribution in [1.29, 1.82) is 0 Å². The molecule has 0 saturated carbocycles. The highest BCUT2D eigenvalue weighted by Crippen LogP contribution is 2.31.